The van der Waals surface area contributed by atoms with Crippen molar-refractivity contribution >= 4 is 17.7 Å². The number of aromatic nitrogens is 1. The number of pyridine rings is 1. The third kappa shape index (κ3) is 5.25. The van der Waals surface area contributed by atoms with E-state index in [1.165, 1.54) is 6.07 Å². The first-order chi connectivity index (χ1) is 11.2. The minimum absolute atomic E-state index is 0.194. The number of benzene rings is 1. The Balaban J connectivity index is 1.76. The van der Waals surface area contributed by atoms with Crippen LogP contribution < -0.4 is 10.1 Å². The van der Waals surface area contributed by atoms with Gasteiger partial charge >= 0.3 is 0 Å². The average molecular weight is 334 g/mol. The van der Waals surface area contributed by atoms with Gasteiger partial charge in [-0.05, 0) is 30.7 Å². The number of ether oxygens (including phenoxy) is 1. The molecule has 1 aromatic carbocycles. The first-order valence-corrected chi connectivity index (χ1v) is 8.55. The van der Waals surface area contributed by atoms with Gasteiger partial charge in [0.15, 0.2) is 0 Å². The molecule has 0 saturated heterocycles. The molecule has 0 spiro atoms. The van der Waals surface area contributed by atoms with E-state index in [2.05, 4.69) is 10.3 Å². The molecule has 1 N–H and O–H groups in total. The second-order valence-electron chi connectivity index (χ2n) is 4.69. The Hall–Kier alpha value is -2.08. The number of halogens is 1. The van der Waals surface area contributed by atoms with Crippen LogP contribution in [0.5, 0.6) is 5.88 Å². The van der Waals surface area contributed by atoms with Gasteiger partial charge in [0.2, 0.25) is 5.88 Å². The van der Waals surface area contributed by atoms with Crippen molar-refractivity contribution in [2.75, 3.05) is 18.9 Å². The number of nitrogens with one attached hydrogen (secondary N) is 1. The van der Waals surface area contributed by atoms with E-state index in [0.717, 1.165) is 0 Å². The fourth-order valence-electron chi connectivity index (χ4n) is 1.94. The summed E-state index contributed by atoms with van der Waals surface area (Å²) in [5.41, 5.74) is 1.10. The molecule has 0 fully saturated rings. The highest BCUT2D eigenvalue weighted by Gasteiger charge is 2.12. The van der Waals surface area contributed by atoms with E-state index in [0.29, 0.717) is 41.7 Å². The Morgan fingerprint density at radius 2 is 2.13 bits per heavy atom. The zero-order valence-corrected chi connectivity index (χ0v) is 13.7. The van der Waals surface area contributed by atoms with Gasteiger partial charge in [0, 0.05) is 24.2 Å². The molecule has 1 amide bonds. The highest BCUT2D eigenvalue weighted by atomic mass is 32.2. The van der Waals surface area contributed by atoms with Crippen molar-refractivity contribution in [3.63, 3.8) is 0 Å². The summed E-state index contributed by atoms with van der Waals surface area (Å²) >= 11 is 1.57. The van der Waals surface area contributed by atoms with Crippen LogP contribution in [0.25, 0.3) is 0 Å². The summed E-state index contributed by atoms with van der Waals surface area (Å²) in [6, 6.07) is 10.1. The maximum Gasteiger partial charge on any atom is 0.256 e. The van der Waals surface area contributed by atoms with Crippen LogP contribution in [-0.2, 0) is 5.75 Å². The molecule has 6 heteroatoms. The lowest BCUT2D eigenvalue weighted by atomic mass is 10.2. The molecule has 1 heterocycles. The van der Waals surface area contributed by atoms with Crippen LogP contribution in [0.15, 0.2) is 42.6 Å². The highest BCUT2D eigenvalue weighted by molar-refractivity contribution is 7.98. The number of thioether (sulfide) groups is 1. The van der Waals surface area contributed by atoms with Crippen molar-refractivity contribution in [1.82, 2.24) is 10.3 Å². The van der Waals surface area contributed by atoms with Crippen LogP contribution in [0.4, 0.5) is 4.39 Å². The van der Waals surface area contributed by atoms with Crippen molar-refractivity contribution in [2.24, 2.45) is 0 Å². The van der Waals surface area contributed by atoms with Crippen molar-refractivity contribution < 1.29 is 13.9 Å². The summed E-state index contributed by atoms with van der Waals surface area (Å²) in [5, 5.41) is 2.83. The molecule has 0 aliphatic carbocycles. The molecule has 0 aliphatic rings. The summed E-state index contributed by atoms with van der Waals surface area (Å²) in [6.45, 7) is 2.80. The summed E-state index contributed by atoms with van der Waals surface area (Å²) in [7, 11) is 0. The molecule has 23 heavy (non-hydrogen) atoms. The zero-order chi connectivity index (χ0) is 16.5. The molecule has 4 nitrogen and oxygen atoms in total. The third-order valence-electron chi connectivity index (χ3n) is 3.04. The van der Waals surface area contributed by atoms with Crippen molar-refractivity contribution in [3.05, 3.63) is 59.5 Å². The van der Waals surface area contributed by atoms with Crippen molar-refractivity contribution in [3.8, 4) is 5.88 Å². The maximum atomic E-state index is 13.5. The monoisotopic (exact) mass is 334 g/mol. The average Bonchev–Trinajstić information content (AvgIpc) is 2.57. The molecule has 2 rings (SSSR count). The largest absolute Gasteiger partial charge is 0.477 e. The zero-order valence-electron chi connectivity index (χ0n) is 12.9. The molecule has 0 saturated carbocycles. The lowest BCUT2D eigenvalue weighted by Crippen LogP contribution is -2.26. The predicted molar refractivity (Wildman–Crippen MR) is 90.3 cm³/mol. The quantitative estimate of drug-likeness (QED) is 0.753. The second kappa shape index (κ2) is 9.15. The van der Waals surface area contributed by atoms with E-state index in [1.54, 1.807) is 42.2 Å². The van der Waals surface area contributed by atoms with Gasteiger partial charge in [-0.15, -0.1) is 0 Å². The molecule has 0 unspecified atom stereocenters. The van der Waals surface area contributed by atoms with Gasteiger partial charge in [-0.3, -0.25) is 4.79 Å². The fourth-order valence-corrected chi connectivity index (χ4v) is 2.79. The Morgan fingerprint density at radius 3 is 2.91 bits per heavy atom. The van der Waals surface area contributed by atoms with Crippen LogP contribution in [0.2, 0.25) is 0 Å². The van der Waals surface area contributed by atoms with Crippen molar-refractivity contribution in [2.45, 2.75) is 12.7 Å². The minimum atomic E-state index is -0.215. The number of carbonyl (C=O) groups is 1. The standard InChI is InChI=1S/C17H19FN2O2S/c1-2-22-17-14(7-5-9-20-17)16(21)19-10-11-23-12-13-6-3-4-8-15(13)18/h3-9H,2,10-12H2,1H3,(H,19,21). The number of hydrogen-bond donors (Lipinski definition) is 1. The van der Waals surface area contributed by atoms with E-state index in [9.17, 15) is 9.18 Å². The number of amides is 1. The molecule has 0 bridgehead atoms. The number of rotatable bonds is 8. The predicted octanol–water partition coefficient (Wildman–Crippen LogP) is 3.28. The van der Waals surface area contributed by atoms with E-state index in [4.69, 9.17) is 4.74 Å². The van der Waals surface area contributed by atoms with Gasteiger partial charge in [-0.1, -0.05) is 18.2 Å². The van der Waals surface area contributed by atoms with Gasteiger partial charge in [0.05, 0.1) is 6.61 Å². The molecule has 0 atom stereocenters. The molecule has 122 valence electrons. The summed E-state index contributed by atoms with van der Waals surface area (Å²) in [5.74, 6) is 1.21. The van der Waals surface area contributed by atoms with E-state index < -0.39 is 0 Å². The maximum absolute atomic E-state index is 13.5. The lowest BCUT2D eigenvalue weighted by molar-refractivity contribution is 0.0951. The van der Waals surface area contributed by atoms with Gasteiger partial charge in [-0.25, -0.2) is 9.37 Å². The molecule has 0 radical (unpaired) electrons. The smallest absolute Gasteiger partial charge is 0.256 e. The molecular weight excluding hydrogens is 315 g/mol. The molecular formula is C17H19FN2O2S. The van der Waals surface area contributed by atoms with E-state index in [1.807, 2.05) is 13.0 Å². The minimum Gasteiger partial charge on any atom is -0.477 e. The first-order valence-electron chi connectivity index (χ1n) is 7.39. The Bertz CT molecular complexity index is 652. The van der Waals surface area contributed by atoms with Crippen LogP contribution in [0, 0.1) is 5.82 Å². The van der Waals surface area contributed by atoms with Crippen molar-refractivity contribution in [1.29, 1.82) is 0 Å². The van der Waals surface area contributed by atoms with Crippen LogP contribution in [0.3, 0.4) is 0 Å². The summed E-state index contributed by atoms with van der Waals surface area (Å²) in [4.78, 5) is 16.2. The third-order valence-corrected chi connectivity index (χ3v) is 4.05. The molecule has 1 aromatic heterocycles. The second-order valence-corrected chi connectivity index (χ2v) is 5.79. The Kier molecular flexibility index (Phi) is 6.87. The first kappa shape index (κ1) is 17.3. The highest BCUT2D eigenvalue weighted by Crippen LogP contribution is 2.16. The number of carbonyl (C=O) groups excluding carboxylic acids is 1. The van der Waals surface area contributed by atoms with Crippen LogP contribution >= 0.6 is 11.8 Å². The Labute approximate surface area is 139 Å². The van der Waals surface area contributed by atoms with Crippen LogP contribution in [0.1, 0.15) is 22.8 Å². The van der Waals surface area contributed by atoms with Gasteiger partial charge in [-0.2, -0.15) is 11.8 Å². The summed E-state index contributed by atoms with van der Waals surface area (Å²) in [6.07, 6.45) is 1.59. The molecule has 2 aromatic rings. The Morgan fingerprint density at radius 1 is 1.30 bits per heavy atom. The van der Waals surface area contributed by atoms with Gasteiger partial charge in [0.25, 0.3) is 5.91 Å². The molecule has 0 aliphatic heterocycles. The van der Waals surface area contributed by atoms with Gasteiger partial charge < -0.3 is 10.1 Å². The fraction of sp³-hybridized carbons (Fsp3) is 0.294. The van der Waals surface area contributed by atoms with Gasteiger partial charge in [0.1, 0.15) is 11.4 Å². The normalized spacial score (nSPS) is 10.3. The number of hydrogen-bond acceptors (Lipinski definition) is 4. The van der Waals surface area contributed by atoms with Crippen LogP contribution in [-0.4, -0.2) is 29.8 Å². The van der Waals surface area contributed by atoms with E-state index >= 15 is 0 Å². The van der Waals surface area contributed by atoms with E-state index in [-0.39, 0.29) is 11.7 Å². The topological polar surface area (TPSA) is 51.2 Å². The lowest BCUT2D eigenvalue weighted by Gasteiger charge is -2.09. The SMILES string of the molecule is CCOc1ncccc1C(=O)NCCSCc1ccccc1F. The number of nitrogens with zero attached hydrogens (tertiary/aromatic N) is 1. The summed E-state index contributed by atoms with van der Waals surface area (Å²) < 4.78 is 18.8.